The molecule has 1 fully saturated rings. The molecule has 1 heterocycles. The van der Waals surface area contributed by atoms with Gasteiger partial charge in [0.25, 0.3) is 0 Å². The maximum Gasteiger partial charge on any atom is 0.247 e. The molecule has 2 aromatic carbocycles. The summed E-state index contributed by atoms with van der Waals surface area (Å²) < 4.78 is 18.6. The van der Waals surface area contributed by atoms with Crippen LogP contribution in [0.4, 0.5) is 4.39 Å². The van der Waals surface area contributed by atoms with Gasteiger partial charge in [-0.05, 0) is 42.3 Å². The topological polar surface area (TPSA) is 58.6 Å². The summed E-state index contributed by atoms with van der Waals surface area (Å²) in [6.07, 6.45) is 0.192. The molecule has 1 N–H and O–H groups in total. The predicted molar refractivity (Wildman–Crippen MR) is 95.2 cm³/mol. The van der Waals surface area contributed by atoms with Crippen LogP contribution in [0.3, 0.4) is 0 Å². The van der Waals surface area contributed by atoms with Gasteiger partial charge in [-0.2, -0.15) is 0 Å². The van der Waals surface area contributed by atoms with Crippen molar-refractivity contribution in [2.24, 2.45) is 0 Å². The fourth-order valence-corrected chi connectivity index (χ4v) is 3.06. The lowest BCUT2D eigenvalue weighted by Gasteiger charge is -2.35. The third-order valence-corrected chi connectivity index (χ3v) is 4.31. The van der Waals surface area contributed by atoms with Gasteiger partial charge < -0.3 is 15.0 Å². The van der Waals surface area contributed by atoms with Crippen LogP contribution in [0.2, 0.25) is 0 Å². The van der Waals surface area contributed by atoms with Crippen LogP contribution < -0.4 is 10.1 Å². The van der Waals surface area contributed by atoms with E-state index in [4.69, 9.17) is 4.74 Å². The number of nitrogens with zero attached hydrogens (tertiary/aromatic N) is 1. The highest BCUT2D eigenvalue weighted by Crippen LogP contribution is 2.25. The number of hydrogen-bond donors (Lipinski definition) is 1. The zero-order valence-corrected chi connectivity index (χ0v) is 14.6. The van der Waals surface area contributed by atoms with Gasteiger partial charge in [0.2, 0.25) is 11.8 Å². The van der Waals surface area contributed by atoms with Crippen molar-refractivity contribution < 1.29 is 18.7 Å². The Balaban J connectivity index is 1.77. The van der Waals surface area contributed by atoms with E-state index in [2.05, 4.69) is 5.32 Å². The molecule has 3 rings (SSSR count). The molecule has 26 heavy (non-hydrogen) atoms. The van der Waals surface area contributed by atoms with Crippen LogP contribution in [0.1, 0.15) is 24.1 Å². The normalized spacial score (nSPS) is 16.9. The molecule has 0 bridgehead atoms. The Morgan fingerprint density at radius 1 is 1.19 bits per heavy atom. The number of halogens is 1. The second-order valence-electron chi connectivity index (χ2n) is 6.09. The summed E-state index contributed by atoms with van der Waals surface area (Å²) in [6.45, 7) is 3.32. The van der Waals surface area contributed by atoms with E-state index in [0.29, 0.717) is 25.3 Å². The average molecular weight is 356 g/mol. The highest BCUT2D eigenvalue weighted by atomic mass is 19.1. The summed E-state index contributed by atoms with van der Waals surface area (Å²) in [4.78, 5) is 26.7. The molecule has 0 saturated carbocycles. The number of carbonyl (C=O) groups excluding carboxylic acids is 2. The van der Waals surface area contributed by atoms with Gasteiger partial charge >= 0.3 is 0 Å². The van der Waals surface area contributed by atoms with Gasteiger partial charge in [0.05, 0.1) is 13.0 Å². The summed E-state index contributed by atoms with van der Waals surface area (Å²) in [6, 6.07) is 12.3. The molecule has 0 aliphatic carbocycles. The first-order chi connectivity index (χ1) is 12.6. The first-order valence-corrected chi connectivity index (χ1v) is 8.63. The van der Waals surface area contributed by atoms with Crippen molar-refractivity contribution in [1.82, 2.24) is 10.2 Å². The molecule has 0 radical (unpaired) electrons. The number of benzene rings is 2. The Labute approximate surface area is 151 Å². The summed E-state index contributed by atoms with van der Waals surface area (Å²) in [5.74, 6) is -0.0105. The lowest BCUT2D eigenvalue weighted by atomic mass is 10.0. The molecule has 2 aromatic rings. The third kappa shape index (κ3) is 4.02. The quantitative estimate of drug-likeness (QED) is 0.895. The van der Waals surface area contributed by atoms with Crippen LogP contribution in [0.5, 0.6) is 5.75 Å². The summed E-state index contributed by atoms with van der Waals surface area (Å²) in [7, 11) is 0. The maximum atomic E-state index is 13.2. The SMILES string of the molecule is CCOc1ccc(CC(=O)N2CCNC(=O)C2c2ccc(F)cc2)cc1. The number of piperazine rings is 1. The van der Waals surface area contributed by atoms with Crippen LogP contribution in [-0.4, -0.2) is 36.4 Å². The molecule has 1 saturated heterocycles. The molecule has 1 atom stereocenters. The smallest absolute Gasteiger partial charge is 0.247 e. The largest absolute Gasteiger partial charge is 0.494 e. The zero-order chi connectivity index (χ0) is 18.5. The van der Waals surface area contributed by atoms with Crippen molar-refractivity contribution in [1.29, 1.82) is 0 Å². The van der Waals surface area contributed by atoms with Crippen molar-refractivity contribution >= 4 is 11.8 Å². The summed E-state index contributed by atoms with van der Waals surface area (Å²) in [5.41, 5.74) is 1.45. The van der Waals surface area contributed by atoms with E-state index in [9.17, 15) is 14.0 Å². The molecule has 0 aromatic heterocycles. The van der Waals surface area contributed by atoms with Crippen LogP contribution >= 0.6 is 0 Å². The number of ether oxygens (including phenoxy) is 1. The first kappa shape index (κ1) is 17.9. The highest BCUT2D eigenvalue weighted by Gasteiger charge is 2.34. The highest BCUT2D eigenvalue weighted by molar-refractivity contribution is 5.90. The Morgan fingerprint density at radius 3 is 2.54 bits per heavy atom. The molecule has 2 amide bonds. The van der Waals surface area contributed by atoms with E-state index >= 15 is 0 Å². The van der Waals surface area contributed by atoms with Gasteiger partial charge in [-0.15, -0.1) is 0 Å². The summed E-state index contributed by atoms with van der Waals surface area (Å²) in [5, 5.41) is 2.77. The Kier molecular flexibility index (Phi) is 5.51. The van der Waals surface area contributed by atoms with Crippen molar-refractivity contribution in [3.05, 3.63) is 65.5 Å². The molecule has 6 heteroatoms. The summed E-state index contributed by atoms with van der Waals surface area (Å²) >= 11 is 0. The van der Waals surface area contributed by atoms with Crippen LogP contribution in [-0.2, 0) is 16.0 Å². The predicted octanol–water partition coefficient (Wildman–Crippen LogP) is 2.47. The minimum atomic E-state index is -0.737. The lowest BCUT2D eigenvalue weighted by Crippen LogP contribution is -2.52. The Morgan fingerprint density at radius 2 is 1.88 bits per heavy atom. The first-order valence-electron chi connectivity index (χ1n) is 8.63. The van der Waals surface area contributed by atoms with Crippen molar-refractivity contribution in [3.8, 4) is 5.75 Å². The van der Waals surface area contributed by atoms with Gasteiger partial charge in [-0.1, -0.05) is 24.3 Å². The number of nitrogens with one attached hydrogen (secondary N) is 1. The monoisotopic (exact) mass is 356 g/mol. The standard InChI is InChI=1S/C20H21FN2O3/c1-2-26-17-9-3-14(4-10-17)13-18(24)23-12-11-22-20(25)19(23)15-5-7-16(21)8-6-15/h3-10,19H,2,11-13H2,1H3,(H,22,25). The zero-order valence-electron chi connectivity index (χ0n) is 14.6. The number of rotatable bonds is 5. The molecule has 1 aliphatic rings. The van der Waals surface area contributed by atoms with E-state index in [1.165, 1.54) is 12.1 Å². The molecule has 0 spiro atoms. The van der Waals surface area contributed by atoms with Gasteiger partial charge in [0.1, 0.15) is 17.6 Å². The minimum absolute atomic E-state index is 0.140. The fraction of sp³-hybridized carbons (Fsp3) is 0.300. The number of hydrogen-bond acceptors (Lipinski definition) is 3. The molecule has 136 valence electrons. The Bertz CT molecular complexity index is 775. The lowest BCUT2D eigenvalue weighted by molar-refractivity contribution is -0.143. The van der Waals surface area contributed by atoms with Crippen molar-refractivity contribution in [3.63, 3.8) is 0 Å². The van der Waals surface area contributed by atoms with Gasteiger partial charge in [-0.3, -0.25) is 9.59 Å². The second-order valence-corrected chi connectivity index (χ2v) is 6.09. The molecule has 1 aliphatic heterocycles. The van der Waals surface area contributed by atoms with Crippen molar-refractivity contribution in [2.75, 3.05) is 19.7 Å². The van der Waals surface area contributed by atoms with E-state index in [0.717, 1.165) is 11.3 Å². The van der Waals surface area contributed by atoms with Gasteiger partial charge in [0.15, 0.2) is 0 Å². The van der Waals surface area contributed by atoms with Crippen molar-refractivity contribution in [2.45, 2.75) is 19.4 Å². The van der Waals surface area contributed by atoms with E-state index in [1.54, 1.807) is 17.0 Å². The second kappa shape index (κ2) is 7.99. The van der Waals surface area contributed by atoms with E-state index in [-0.39, 0.29) is 24.1 Å². The molecule has 1 unspecified atom stereocenters. The third-order valence-electron chi connectivity index (χ3n) is 4.31. The van der Waals surface area contributed by atoms with Crippen LogP contribution in [0, 0.1) is 5.82 Å². The average Bonchev–Trinajstić information content (AvgIpc) is 2.64. The van der Waals surface area contributed by atoms with Crippen LogP contribution in [0.25, 0.3) is 0 Å². The molecular weight excluding hydrogens is 335 g/mol. The molecule has 5 nitrogen and oxygen atoms in total. The molecular formula is C20H21FN2O3. The maximum absolute atomic E-state index is 13.2. The van der Waals surface area contributed by atoms with E-state index in [1.807, 2.05) is 31.2 Å². The Hall–Kier alpha value is -2.89. The van der Waals surface area contributed by atoms with Crippen LogP contribution in [0.15, 0.2) is 48.5 Å². The number of amides is 2. The number of carbonyl (C=O) groups is 2. The van der Waals surface area contributed by atoms with E-state index < -0.39 is 6.04 Å². The van der Waals surface area contributed by atoms with Gasteiger partial charge in [0, 0.05) is 13.1 Å². The van der Waals surface area contributed by atoms with Gasteiger partial charge in [-0.25, -0.2) is 4.39 Å². The fourth-order valence-electron chi connectivity index (χ4n) is 3.06. The minimum Gasteiger partial charge on any atom is -0.494 e.